The zero-order valence-electron chi connectivity index (χ0n) is 8.27. The van der Waals surface area contributed by atoms with E-state index in [0.29, 0.717) is 11.9 Å². The Morgan fingerprint density at radius 2 is 2.00 bits per heavy atom. The number of hydrogen-bond donors (Lipinski definition) is 0. The molecule has 0 aromatic heterocycles. The quantitative estimate of drug-likeness (QED) is 0.261. The molecule has 0 aromatic rings. The lowest BCUT2D eigenvalue weighted by atomic mass is 9.70. The largest absolute Gasteiger partial charge is 0.396 e. The van der Waals surface area contributed by atoms with Crippen LogP contribution in [0.2, 0.25) is 5.31 Å². The molecule has 0 aliphatic carbocycles. The van der Waals surface area contributed by atoms with Crippen LogP contribution in [0.1, 0.15) is 34.1 Å². The van der Waals surface area contributed by atoms with Crippen LogP contribution < -0.4 is 0 Å². The Hall–Kier alpha value is -0.465. The normalized spacial score (nSPS) is 10.9. The van der Waals surface area contributed by atoms with Crippen LogP contribution in [-0.4, -0.2) is 20.2 Å². The van der Waals surface area contributed by atoms with Gasteiger partial charge in [0, 0.05) is 0 Å². The molecule has 0 heterocycles. The van der Waals surface area contributed by atoms with E-state index in [1.807, 2.05) is 13.8 Å². The molecule has 0 unspecified atom stereocenters. The van der Waals surface area contributed by atoms with Crippen LogP contribution in [-0.2, 0) is 4.84 Å². The van der Waals surface area contributed by atoms with Gasteiger partial charge in [-0.3, -0.25) is 0 Å². The average molecular weight is 155 g/mol. The first-order valence-electron chi connectivity index (χ1n) is 4.05. The Labute approximate surface area is 70.4 Å². The van der Waals surface area contributed by atoms with Gasteiger partial charge in [-0.05, 0) is 20.3 Å². The zero-order valence-corrected chi connectivity index (χ0v) is 8.27. The van der Waals surface area contributed by atoms with Crippen molar-refractivity contribution in [3.63, 3.8) is 0 Å². The summed E-state index contributed by atoms with van der Waals surface area (Å²) in [6, 6.07) is 0. The first-order chi connectivity index (χ1) is 4.92. The van der Waals surface area contributed by atoms with Crippen molar-refractivity contribution in [2.45, 2.75) is 39.4 Å². The average Bonchev–Trinajstić information content (AvgIpc) is 1.78. The van der Waals surface area contributed by atoms with Gasteiger partial charge in [0.1, 0.15) is 14.5 Å². The molecule has 2 nitrogen and oxygen atoms in total. The second-order valence-electron chi connectivity index (χ2n) is 4.18. The van der Waals surface area contributed by atoms with E-state index in [-0.39, 0.29) is 0 Å². The molecule has 0 rings (SSSR count). The molecule has 0 N–H and O–H groups in total. The molecular weight excluding hydrogens is 137 g/mol. The predicted molar refractivity (Wildman–Crippen MR) is 51.9 cm³/mol. The second-order valence-corrected chi connectivity index (χ2v) is 4.18. The van der Waals surface area contributed by atoms with Crippen molar-refractivity contribution in [3.8, 4) is 0 Å². The first-order valence-corrected chi connectivity index (χ1v) is 4.05. The third-order valence-electron chi connectivity index (χ3n) is 1.19. The predicted octanol–water partition coefficient (Wildman–Crippen LogP) is 1.62. The highest BCUT2D eigenvalue weighted by Crippen LogP contribution is 2.22. The topological polar surface area (TPSA) is 21.6 Å². The van der Waals surface area contributed by atoms with Gasteiger partial charge in [-0.1, -0.05) is 24.3 Å². The molecule has 64 valence electrons. The molecule has 0 aliphatic rings. The summed E-state index contributed by atoms with van der Waals surface area (Å²) in [7, 11) is 2.19. The molecule has 0 aliphatic heterocycles. The molecule has 0 atom stereocenters. The van der Waals surface area contributed by atoms with Gasteiger partial charge in [-0.15, -0.1) is 0 Å². The summed E-state index contributed by atoms with van der Waals surface area (Å²) in [5.41, 5.74) is 0.971. The van der Waals surface area contributed by atoms with E-state index in [9.17, 15) is 0 Å². The minimum atomic E-state index is 0.344. The number of oxime groups is 1. The smallest absolute Gasteiger partial charge is 0.117 e. The van der Waals surface area contributed by atoms with E-state index in [2.05, 4.69) is 26.8 Å². The van der Waals surface area contributed by atoms with Crippen molar-refractivity contribution in [3.05, 3.63) is 0 Å². The first kappa shape index (κ1) is 10.5. The summed E-state index contributed by atoms with van der Waals surface area (Å²) in [4.78, 5) is 5.06. The van der Waals surface area contributed by atoms with E-state index in [1.165, 1.54) is 0 Å². The van der Waals surface area contributed by atoms with Crippen molar-refractivity contribution in [1.82, 2.24) is 0 Å². The molecule has 11 heavy (non-hydrogen) atoms. The number of rotatable bonds is 4. The SMILES string of the molecule is BC(C)(C)CCON=C(C)C. The Balaban J connectivity index is 3.36. The summed E-state index contributed by atoms with van der Waals surface area (Å²) in [5, 5.41) is 4.19. The van der Waals surface area contributed by atoms with E-state index in [1.54, 1.807) is 0 Å². The van der Waals surface area contributed by atoms with Crippen molar-refractivity contribution in [1.29, 1.82) is 0 Å². The maximum absolute atomic E-state index is 5.06. The maximum atomic E-state index is 5.06. The third kappa shape index (κ3) is 9.53. The molecule has 0 spiro atoms. The Morgan fingerprint density at radius 3 is 2.36 bits per heavy atom. The van der Waals surface area contributed by atoms with Crippen LogP contribution in [0.25, 0.3) is 0 Å². The monoisotopic (exact) mass is 155 g/mol. The zero-order chi connectivity index (χ0) is 8.91. The highest BCUT2D eigenvalue weighted by atomic mass is 16.6. The van der Waals surface area contributed by atoms with Crippen LogP contribution in [0.5, 0.6) is 0 Å². The van der Waals surface area contributed by atoms with Gasteiger partial charge in [-0.2, -0.15) is 0 Å². The summed E-state index contributed by atoms with van der Waals surface area (Å²) >= 11 is 0. The summed E-state index contributed by atoms with van der Waals surface area (Å²) in [5.74, 6) is 0. The van der Waals surface area contributed by atoms with Crippen molar-refractivity contribution < 1.29 is 4.84 Å². The highest BCUT2D eigenvalue weighted by molar-refractivity contribution is 6.14. The summed E-state index contributed by atoms with van der Waals surface area (Å²) in [6.45, 7) is 8.96. The third-order valence-corrected chi connectivity index (χ3v) is 1.19. The molecular formula is C8H18BNO. The van der Waals surface area contributed by atoms with Gasteiger partial charge in [0.15, 0.2) is 0 Å². The second kappa shape index (κ2) is 4.42. The minimum absolute atomic E-state index is 0.344. The van der Waals surface area contributed by atoms with Crippen LogP contribution in [0.4, 0.5) is 0 Å². The lowest BCUT2D eigenvalue weighted by Crippen LogP contribution is -2.05. The van der Waals surface area contributed by atoms with Gasteiger partial charge in [0.05, 0.1) is 5.71 Å². The fraction of sp³-hybridized carbons (Fsp3) is 0.875. The fourth-order valence-electron chi connectivity index (χ4n) is 0.527. The van der Waals surface area contributed by atoms with Gasteiger partial charge in [-0.25, -0.2) is 0 Å². The van der Waals surface area contributed by atoms with Crippen molar-refractivity contribution in [2.75, 3.05) is 6.61 Å². The summed E-state index contributed by atoms with van der Waals surface area (Å²) in [6.07, 6.45) is 1.05. The standard InChI is InChI=1S/C8H18BNO/c1-7(2)10-11-6-5-8(3,4)9/h5-6,9H2,1-4H3. The highest BCUT2D eigenvalue weighted by Gasteiger charge is 2.09. The molecule has 0 saturated carbocycles. The number of hydrogen-bond acceptors (Lipinski definition) is 2. The Kier molecular flexibility index (Phi) is 4.23. The molecule has 0 radical (unpaired) electrons. The molecule has 0 amide bonds. The number of nitrogens with zero attached hydrogens (tertiary/aromatic N) is 1. The summed E-state index contributed by atoms with van der Waals surface area (Å²) < 4.78 is 0. The van der Waals surface area contributed by atoms with Gasteiger partial charge in [0.2, 0.25) is 0 Å². The van der Waals surface area contributed by atoms with Crippen LogP contribution >= 0.6 is 0 Å². The van der Waals surface area contributed by atoms with Gasteiger partial charge >= 0.3 is 0 Å². The van der Waals surface area contributed by atoms with Crippen LogP contribution in [0.15, 0.2) is 5.16 Å². The van der Waals surface area contributed by atoms with Crippen LogP contribution in [0, 0.1) is 0 Å². The maximum Gasteiger partial charge on any atom is 0.117 e. The Bertz CT molecular complexity index is 134. The van der Waals surface area contributed by atoms with Crippen molar-refractivity contribution >= 4 is 13.6 Å². The lowest BCUT2D eigenvalue weighted by molar-refractivity contribution is 0.134. The molecule has 0 bridgehead atoms. The van der Waals surface area contributed by atoms with E-state index >= 15 is 0 Å². The Morgan fingerprint density at radius 1 is 1.45 bits per heavy atom. The van der Waals surface area contributed by atoms with Crippen LogP contribution in [0.3, 0.4) is 0 Å². The van der Waals surface area contributed by atoms with Crippen molar-refractivity contribution in [2.24, 2.45) is 5.16 Å². The van der Waals surface area contributed by atoms with E-state index in [4.69, 9.17) is 4.84 Å². The molecule has 0 saturated heterocycles. The van der Waals surface area contributed by atoms with Gasteiger partial charge in [0.25, 0.3) is 0 Å². The van der Waals surface area contributed by atoms with E-state index < -0.39 is 0 Å². The molecule has 0 fully saturated rings. The molecule has 0 aromatic carbocycles. The van der Waals surface area contributed by atoms with E-state index in [0.717, 1.165) is 12.1 Å². The fourth-order valence-corrected chi connectivity index (χ4v) is 0.527. The lowest BCUT2D eigenvalue weighted by Gasteiger charge is -2.16. The molecule has 3 heteroatoms. The minimum Gasteiger partial charge on any atom is -0.396 e. The van der Waals surface area contributed by atoms with Gasteiger partial charge < -0.3 is 4.84 Å².